The Hall–Kier alpha value is -1.71. The van der Waals surface area contributed by atoms with E-state index in [-0.39, 0.29) is 18.0 Å². The van der Waals surface area contributed by atoms with Crippen LogP contribution in [0.3, 0.4) is 0 Å². The molecule has 2 rings (SSSR count). The van der Waals surface area contributed by atoms with Crippen molar-refractivity contribution in [2.45, 2.75) is 32.9 Å². The average Bonchev–Trinajstić information content (AvgIpc) is 2.29. The Morgan fingerprint density at radius 1 is 1.41 bits per heavy atom. The molecule has 0 aromatic heterocycles. The Labute approximate surface area is 102 Å². The lowest BCUT2D eigenvalue weighted by Crippen LogP contribution is -2.48. The van der Waals surface area contributed by atoms with Crippen molar-refractivity contribution in [3.05, 3.63) is 18.2 Å². The van der Waals surface area contributed by atoms with Gasteiger partial charge in [0.25, 0.3) is 0 Å². The smallest absolute Gasteiger partial charge is 0.249 e. The topological polar surface area (TPSA) is 41.6 Å². The largest absolute Gasteiger partial charge is 0.497 e. The van der Waals surface area contributed by atoms with Crippen LogP contribution < -0.4 is 15.0 Å². The van der Waals surface area contributed by atoms with Crippen molar-refractivity contribution < 1.29 is 9.53 Å². The molecule has 92 valence electrons. The minimum Gasteiger partial charge on any atom is -0.497 e. The van der Waals surface area contributed by atoms with Crippen molar-refractivity contribution in [3.63, 3.8) is 0 Å². The molecule has 0 saturated carbocycles. The van der Waals surface area contributed by atoms with Crippen LogP contribution in [0.5, 0.6) is 5.75 Å². The Bertz CT molecular complexity index is 443. The van der Waals surface area contributed by atoms with Gasteiger partial charge in [-0.05, 0) is 32.9 Å². The predicted molar refractivity (Wildman–Crippen MR) is 68.7 cm³/mol. The van der Waals surface area contributed by atoms with Crippen LogP contribution in [0, 0.1) is 0 Å². The van der Waals surface area contributed by atoms with Gasteiger partial charge in [-0.15, -0.1) is 0 Å². The van der Waals surface area contributed by atoms with Gasteiger partial charge in [0.05, 0.1) is 18.5 Å². The van der Waals surface area contributed by atoms with E-state index in [0.717, 1.165) is 17.1 Å². The molecule has 17 heavy (non-hydrogen) atoms. The molecule has 1 aromatic rings. The fourth-order valence-electron chi connectivity index (χ4n) is 2.11. The highest BCUT2D eigenvalue weighted by molar-refractivity contribution is 6.05. The van der Waals surface area contributed by atoms with E-state index in [0.29, 0.717) is 0 Å². The predicted octanol–water partition coefficient (Wildman–Crippen LogP) is 2.25. The number of carbonyl (C=O) groups is 1. The Balaban J connectivity index is 2.51. The molecule has 0 spiro atoms. The Kier molecular flexibility index (Phi) is 2.96. The number of rotatable bonds is 2. The standard InChI is InChI=1S/C13H18N2O2/c1-8(2)15-12-7-10(17-4)5-6-11(12)14-9(3)13(15)16/h5-9,14H,1-4H3. The van der Waals surface area contributed by atoms with Gasteiger partial charge in [-0.25, -0.2) is 0 Å². The Morgan fingerprint density at radius 3 is 2.71 bits per heavy atom. The molecule has 1 amide bonds. The van der Waals surface area contributed by atoms with Gasteiger partial charge < -0.3 is 15.0 Å². The van der Waals surface area contributed by atoms with Crippen LogP contribution in [0.4, 0.5) is 11.4 Å². The molecule has 1 unspecified atom stereocenters. The molecule has 1 aliphatic rings. The molecule has 1 aromatic carbocycles. The number of nitrogens with one attached hydrogen (secondary N) is 1. The van der Waals surface area contributed by atoms with Crippen LogP contribution in [-0.4, -0.2) is 25.1 Å². The molecule has 0 radical (unpaired) electrons. The third-order valence-corrected chi connectivity index (χ3v) is 2.96. The molecule has 0 bridgehead atoms. The first-order chi connectivity index (χ1) is 8.04. The van der Waals surface area contributed by atoms with Crippen LogP contribution in [-0.2, 0) is 4.79 Å². The number of anilines is 2. The third kappa shape index (κ3) is 1.95. The fourth-order valence-corrected chi connectivity index (χ4v) is 2.11. The molecular formula is C13H18N2O2. The van der Waals surface area contributed by atoms with Crippen LogP contribution in [0.15, 0.2) is 18.2 Å². The van der Waals surface area contributed by atoms with Crippen molar-refractivity contribution in [2.75, 3.05) is 17.3 Å². The van der Waals surface area contributed by atoms with E-state index in [1.807, 2.05) is 43.9 Å². The quantitative estimate of drug-likeness (QED) is 0.853. The normalized spacial score (nSPS) is 19.0. The molecule has 1 N–H and O–H groups in total. The third-order valence-electron chi connectivity index (χ3n) is 2.96. The summed E-state index contributed by atoms with van der Waals surface area (Å²) in [6.45, 7) is 5.91. The summed E-state index contributed by atoms with van der Waals surface area (Å²) in [5, 5.41) is 3.20. The zero-order valence-electron chi connectivity index (χ0n) is 10.7. The van der Waals surface area contributed by atoms with Gasteiger partial charge in [-0.1, -0.05) is 0 Å². The number of hydrogen-bond donors (Lipinski definition) is 1. The minimum absolute atomic E-state index is 0.0979. The fraction of sp³-hybridized carbons (Fsp3) is 0.462. The van der Waals surface area contributed by atoms with E-state index in [4.69, 9.17) is 4.74 Å². The number of ether oxygens (including phenoxy) is 1. The highest BCUT2D eigenvalue weighted by Gasteiger charge is 2.31. The van der Waals surface area contributed by atoms with E-state index in [2.05, 4.69) is 5.32 Å². The van der Waals surface area contributed by atoms with Gasteiger partial charge in [0.2, 0.25) is 5.91 Å². The SMILES string of the molecule is COc1ccc2c(c1)N(C(C)C)C(=O)C(C)N2. The van der Waals surface area contributed by atoms with Gasteiger partial charge in [0.15, 0.2) is 0 Å². The van der Waals surface area contributed by atoms with Crippen molar-refractivity contribution >= 4 is 17.3 Å². The molecule has 4 nitrogen and oxygen atoms in total. The molecule has 0 saturated heterocycles. The number of methoxy groups -OCH3 is 1. The molecule has 1 heterocycles. The maximum absolute atomic E-state index is 12.2. The average molecular weight is 234 g/mol. The molecular weight excluding hydrogens is 216 g/mol. The maximum atomic E-state index is 12.2. The van der Waals surface area contributed by atoms with E-state index >= 15 is 0 Å². The zero-order valence-corrected chi connectivity index (χ0v) is 10.7. The van der Waals surface area contributed by atoms with E-state index in [1.54, 1.807) is 7.11 Å². The number of carbonyl (C=O) groups excluding carboxylic acids is 1. The van der Waals surface area contributed by atoms with Gasteiger partial charge in [0.1, 0.15) is 11.8 Å². The highest BCUT2D eigenvalue weighted by atomic mass is 16.5. The summed E-state index contributed by atoms with van der Waals surface area (Å²) in [4.78, 5) is 14.0. The number of amides is 1. The summed E-state index contributed by atoms with van der Waals surface area (Å²) >= 11 is 0. The second-order valence-electron chi connectivity index (χ2n) is 4.55. The molecule has 1 atom stereocenters. The molecule has 1 aliphatic heterocycles. The van der Waals surface area contributed by atoms with Crippen LogP contribution in [0.1, 0.15) is 20.8 Å². The van der Waals surface area contributed by atoms with E-state index in [1.165, 1.54) is 0 Å². The summed E-state index contributed by atoms with van der Waals surface area (Å²) in [6.07, 6.45) is 0. The van der Waals surface area contributed by atoms with Gasteiger partial charge in [0, 0.05) is 12.1 Å². The monoisotopic (exact) mass is 234 g/mol. The molecule has 0 fully saturated rings. The van der Waals surface area contributed by atoms with E-state index in [9.17, 15) is 4.79 Å². The lowest BCUT2D eigenvalue weighted by molar-refractivity contribution is -0.119. The lowest BCUT2D eigenvalue weighted by Gasteiger charge is -2.36. The molecule has 0 aliphatic carbocycles. The lowest BCUT2D eigenvalue weighted by atomic mass is 10.1. The van der Waals surface area contributed by atoms with Crippen LogP contribution in [0.25, 0.3) is 0 Å². The summed E-state index contributed by atoms with van der Waals surface area (Å²) in [5.74, 6) is 0.860. The first kappa shape index (κ1) is 11.8. The van der Waals surface area contributed by atoms with Crippen molar-refractivity contribution in [2.24, 2.45) is 0 Å². The number of nitrogens with zero attached hydrogens (tertiary/aromatic N) is 1. The zero-order chi connectivity index (χ0) is 12.6. The first-order valence-corrected chi connectivity index (χ1v) is 5.82. The van der Waals surface area contributed by atoms with Gasteiger partial charge in [-0.2, -0.15) is 0 Å². The first-order valence-electron chi connectivity index (χ1n) is 5.82. The summed E-state index contributed by atoms with van der Waals surface area (Å²) in [7, 11) is 1.63. The maximum Gasteiger partial charge on any atom is 0.249 e. The number of hydrogen-bond acceptors (Lipinski definition) is 3. The van der Waals surface area contributed by atoms with Crippen LogP contribution in [0.2, 0.25) is 0 Å². The van der Waals surface area contributed by atoms with E-state index < -0.39 is 0 Å². The summed E-state index contributed by atoms with van der Waals surface area (Å²) in [6, 6.07) is 5.70. The van der Waals surface area contributed by atoms with Crippen molar-refractivity contribution in [3.8, 4) is 5.75 Å². The second-order valence-corrected chi connectivity index (χ2v) is 4.55. The molecule has 4 heteroatoms. The van der Waals surface area contributed by atoms with Crippen LogP contribution >= 0.6 is 0 Å². The number of benzene rings is 1. The highest BCUT2D eigenvalue weighted by Crippen LogP contribution is 2.35. The summed E-state index contributed by atoms with van der Waals surface area (Å²) in [5.41, 5.74) is 1.87. The van der Waals surface area contributed by atoms with Crippen molar-refractivity contribution in [1.82, 2.24) is 0 Å². The van der Waals surface area contributed by atoms with Crippen molar-refractivity contribution in [1.29, 1.82) is 0 Å². The minimum atomic E-state index is -0.182. The number of fused-ring (bicyclic) bond motifs is 1. The summed E-state index contributed by atoms with van der Waals surface area (Å²) < 4.78 is 5.20. The van der Waals surface area contributed by atoms with Gasteiger partial charge in [-0.3, -0.25) is 4.79 Å². The van der Waals surface area contributed by atoms with Gasteiger partial charge >= 0.3 is 0 Å². The Morgan fingerprint density at radius 2 is 2.12 bits per heavy atom. The second kappa shape index (κ2) is 4.28.